The van der Waals surface area contributed by atoms with E-state index in [9.17, 15) is 0 Å². The predicted octanol–water partition coefficient (Wildman–Crippen LogP) is 0.505. The van der Waals surface area contributed by atoms with E-state index in [-0.39, 0.29) is 0 Å². The molecule has 0 amide bonds. The standard InChI is InChI=1S/C9H19NO3/c1-11-8-9(13-7-5-10)4-2-3-6-12-9/h2-8,10H2,1H3. The van der Waals surface area contributed by atoms with Crippen molar-refractivity contribution in [3.8, 4) is 0 Å². The van der Waals surface area contributed by atoms with Gasteiger partial charge in [-0.05, 0) is 12.8 Å². The van der Waals surface area contributed by atoms with Crippen LogP contribution in [0, 0.1) is 0 Å². The molecule has 0 spiro atoms. The highest BCUT2D eigenvalue weighted by atomic mass is 16.7. The molecule has 1 heterocycles. The van der Waals surface area contributed by atoms with Crippen molar-refractivity contribution in [1.82, 2.24) is 0 Å². The molecule has 4 nitrogen and oxygen atoms in total. The summed E-state index contributed by atoms with van der Waals surface area (Å²) in [6.07, 6.45) is 3.15. The summed E-state index contributed by atoms with van der Waals surface area (Å²) in [5.74, 6) is -0.521. The first-order chi connectivity index (χ1) is 6.33. The fraction of sp³-hybridized carbons (Fsp3) is 1.00. The summed E-state index contributed by atoms with van der Waals surface area (Å²) in [4.78, 5) is 0. The van der Waals surface area contributed by atoms with E-state index in [4.69, 9.17) is 19.9 Å². The van der Waals surface area contributed by atoms with Gasteiger partial charge in [-0.2, -0.15) is 0 Å². The van der Waals surface area contributed by atoms with E-state index in [1.807, 2.05) is 0 Å². The second kappa shape index (κ2) is 5.54. The first-order valence-corrected chi connectivity index (χ1v) is 4.80. The Labute approximate surface area is 79.3 Å². The first-order valence-electron chi connectivity index (χ1n) is 4.80. The largest absolute Gasteiger partial charge is 0.379 e. The quantitative estimate of drug-likeness (QED) is 0.684. The highest BCUT2D eigenvalue weighted by Crippen LogP contribution is 2.26. The molecule has 0 aromatic carbocycles. The third kappa shape index (κ3) is 3.23. The molecule has 1 rings (SSSR count). The molecular formula is C9H19NO3. The van der Waals surface area contributed by atoms with Gasteiger partial charge in [-0.3, -0.25) is 0 Å². The lowest BCUT2D eigenvalue weighted by molar-refractivity contribution is -0.273. The first kappa shape index (κ1) is 10.9. The average Bonchev–Trinajstić information content (AvgIpc) is 2.17. The molecule has 2 N–H and O–H groups in total. The lowest BCUT2D eigenvalue weighted by Gasteiger charge is -2.36. The van der Waals surface area contributed by atoms with Crippen molar-refractivity contribution >= 4 is 0 Å². The molecule has 4 heteroatoms. The van der Waals surface area contributed by atoms with Gasteiger partial charge < -0.3 is 19.9 Å². The molecule has 1 fully saturated rings. The number of hydrogen-bond acceptors (Lipinski definition) is 4. The summed E-state index contributed by atoms with van der Waals surface area (Å²) in [7, 11) is 1.66. The van der Waals surface area contributed by atoms with Gasteiger partial charge >= 0.3 is 0 Å². The van der Waals surface area contributed by atoms with E-state index in [0.717, 1.165) is 25.9 Å². The van der Waals surface area contributed by atoms with Crippen LogP contribution in [0.2, 0.25) is 0 Å². The van der Waals surface area contributed by atoms with Crippen LogP contribution in [0.1, 0.15) is 19.3 Å². The van der Waals surface area contributed by atoms with Gasteiger partial charge in [0.25, 0.3) is 0 Å². The van der Waals surface area contributed by atoms with Crippen LogP contribution in [-0.4, -0.2) is 39.3 Å². The number of hydrogen-bond donors (Lipinski definition) is 1. The minimum absolute atomic E-state index is 0.493. The van der Waals surface area contributed by atoms with E-state index in [0.29, 0.717) is 19.8 Å². The maximum atomic E-state index is 5.61. The van der Waals surface area contributed by atoms with Gasteiger partial charge in [-0.15, -0.1) is 0 Å². The number of methoxy groups -OCH3 is 1. The Morgan fingerprint density at radius 3 is 2.85 bits per heavy atom. The van der Waals surface area contributed by atoms with E-state index in [1.165, 1.54) is 0 Å². The van der Waals surface area contributed by atoms with Crippen LogP contribution < -0.4 is 5.73 Å². The zero-order valence-corrected chi connectivity index (χ0v) is 8.25. The molecule has 78 valence electrons. The van der Waals surface area contributed by atoms with Gasteiger partial charge in [0.15, 0.2) is 5.79 Å². The Kier molecular flexibility index (Phi) is 4.66. The summed E-state index contributed by atoms with van der Waals surface area (Å²) >= 11 is 0. The van der Waals surface area contributed by atoms with Gasteiger partial charge in [-0.1, -0.05) is 0 Å². The minimum Gasteiger partial charge on any atom is -0.379 e. The molecule has 0 bridgehead atoms. The summed E-state index contributed by atoms with van der Waals surface area (Å²) in [5.41, 5.74) is 5.38. The zero-order valence-electron chi connectivity index (χ0n) is 8.25. The second-order valence-electron chi connectivity index (χ2n) is 3.29. The van der Waals surface area contributed by atoms with E-state index < -0.39 is 5.79 Å². The molecule has 1 unspecified atom stereocenters. The van der Waals surface area contributed by atoms with Crippen molar-refractivity contribution in [2.75, 3.05) is 33.5 Å². The van der Waals surface area contributed by atoms with Crippen LogP contribution in [-0.2, 0) is 14.2 Å². The Morgan fingerprint density at radius 1 is 1.46 bits per heavy atom. The highest BCUT2D eigenvalue weighted by Gasteiger charge is 2.34. The van der Waals surface area contributed by atoms with E-state index in [1.54, 1.807) is 7.11 Å². The molecule has 1 saturated heterocycles. The van der Waals surface area contributed by atoms with Gasteiger partial charge in [0.1, 0.15) is 6.61 Å². The van der Waals surface area contributed by atoms with Crippen LogP contribution in [0.5, 0.6) is 0 Å². The smallest absolute Gasteiger partial charge is 0.191 e. The molecule has 0 saturated carbocycles. The minimum atomic E-state index is -0.521. The van der Waals surface area contributed by atoms with Crippen molar-refractivity contribution in [3.05, 3.63) is 0 Å². The van der Waals surface area contributed by atoms with Crippen LogP contribution in [0.25, 0.3) is 0 Å². The summed E-state index contributed by atoms with van der Waals surface area (Å²) in [6, 6.07) is 0. The third-order valence-electron chi connectivity index (χ3n) is 2.16. The van der Waals surface area contributed by atoms with Crippen LogP contribution >= 0.6 is 0 Å². The Bertz CT molecular complexity index is 129. The molecule has 1 aliphatic heterocycles. The summed E-state index contributed by atoms with van der Waals surface area (Å²) < 4.78 is 16.3. The van der Waals surface area contributed by atoms with Crippen molar-refractivity contribution in [1.29, 1.82) is 0 Å². The zero-order chi connectivity index (χ0) is 9.57. The third-order valence-corrected chi connectivity index (χ3v) is 2.16. The van der Waals surface area contributed by atoms with E-state index in [2.05, 4.69) is 0 Å². The molecular weight excluding hydrogens is 170 g/mol. The normalized spacial score (nSPS) is 29.1. The van der Waals surface area contributed by atoms with Gasteiger partial charge in [-0.25, -0.2) is 0 Å². The molecule has 1 atom stereocenters. The van der Waals surface area contributed by atoms with Crippen molar-refractivity contribution in [2.24, 2.45) is 5.73 Å². The Balaban J connectivity index is 2.40. The van der Waals surface area contributed by atoms with Crippen molar-refractivity contribution < 1.29 is 14.2 Å². The highest BCUT2D eigenvalue weighted by molar-refractivity contribution is 4.73. The molecule has 1 aliphatic rings. The average molecular weight is 189 g/mol. The molecule has 0 radical (unpaired) electrons. The molecule has 0 aromatic heterocycles. The van der Waals surface area contributed by atoms with Crippen molar-refractivity contribution in [2.45, 2.75) is 25.0 Å². The Hall–Kier alpha value is -0.160. The number of rotatable bonds is 5. The molecule has 0 aromatic rings. The monoisotopic (exact) mass is 189 g/mol. The summed E-state index contributed by atoms with van der Waals surface area (Å²) in [5, 5.41) is 0. The van der Waals surface area contributed by atoms with Gasteiger partial charge in [0.05, 0.1) is 13.2 Å². The lowest BCUT2D eigenvalue weighted by atomic mass is 10.1. The van der Waals surface area contributed by atoms with Crippen LogP contribution in [0.4, 0.5) is 0 Å². The predicted molar refractivity (Wildman–Crippen MR) is 49.4 cm³/mol. The van der Waals surface area contributed by atoms with Crippen LogP contribution in [0.3, 0.4) is 0 Å². The van der Waals surface area contributed by atoms with Crippen LogP contribution in [0.15, 0.2) is 0 Å². The molecule has 13 heavy (non-hydrogen) atoms. The van der Waals surface area contributed by atoms with Crippen molar-refractivity contribution in [3.63, 3.8) is 0 Å². The second-order valence-corrected chi connectivity index (χ2v) is 3.29. The number of ether oxygens (including phenoxy) is 3. The van der Waals surface area contributed by atoms with Gasteiger partial charge in [0, 0.05) is 20.1 Å². The SMILES string of the molecule is COCC1(OCCN)CCCCO1. The van der Waals surface area contributed by atoms with E-state index >= 15 is 0 Å². The fourth-order valence-corrected chi connectivity index (χ4v) is 1.56. The Morgan fingerprint density at radius 2 is 2.31 bits per heavy atom. The maximum Gasteiger partial charge on any atom is 0.191 e. The number of nitrogens with two attached hydrogens (primary N) is 1. The van der Waals surface area contributed by atoms with Gasteiger partial charge in [0.2, 0.25) is 0 Å². The summed E-state index contributed by atoms with van der Waals surface area (Å²) in [6.45, 7) is 2.30. The maximum absolute atomic E-state index is 5.61. The molecule has 0 aliphatic carbocycles. The fourth-order valence-electron chi connectivity index (χ4n) is 1.56. The lowest BCUT2D eigenvalue weighted by Crippen LogP contribution is -2.44. The topological polar surface area (TPSA) is 53.7 Å².